The van der Waals surface area contributed by atoms with Gasteiger partial charge >= 0.3 is 0 Å². The molecule has 0 saturated carbocycles. The molecule has 0 amide bonds. The predicted molar refractivity (Wildman–Crippen MR) is 87.5 cm³/mol. The summed E-state index contributed by atoms with van der Waals surface area (Å²) >= 11 is 1.67. The largest absolute Gasteiger partial charge is 0.461 e. The van der Waals surface area contributed by atoms with Crippen LogP contribution in [0.5, 0.6) is 0 Å². The lowest BCUT2D eigenvalue weighted by Gasteiger charge is -1.97. The van der Waals surface area contributed by atoms with Gasteiger partial charge in [0.05, 0.1) is 5.69 Å². The average molecular weight is 291 g/mol. The number of benzene rings is 2. The van der Waals surface area contributed by atoms with E-state index < -0.39 is 0 Å². The van der Waals surface area contributed by atoms with E-state index in [4.69, 9.17) is 9.40 Å². The molecule has 2 nitrogen and oxygen atoms in total. The molecule has 2 aromatic carbocycles. The van der Waals surface area contributed by atoms with E-state index in [2.05, 4.69) is 35.7 Å². The molecule has 2 aromatic heterocycles. The fraction of sp³-hybridized carbons (Fsp3) is 0.0556. The molecule has 2 heterocycles. The maximum atomic E-state index is 5.62. The van der Waals surface area contributed by atoms with E-state index >= 15 is 0 Å². The Morgan fingerprint density at radius 3 is 2.67 bits per heavy atom. The second kappa shape index (κ2) is 4.86. The van der Waals surface area contributed by atoms with Gasteiger partial charge in [-0.3, -0.25) is 0 Å². The van der Waals surface area contributed by atoms with Crippen LogP contribution in [0.15, 0.2) is 64.4 Å². The summed E-state index contributed by atoms with van der Waals surface area (Å²) in [4.78, 5) is 4.75. The summed E-state index contributed by atoms with van der Waals surface area (Å²) in [6, 6.07) is 18.5. The molecule has 0 aliphatic heterocycles. The number of rotatable bonds is 2. The van der Waals surface area contributed by atoms with Crippen LogP contribution in [-0.4, -0.2) is 4.98 Å². The van der Waals surface area contributed by atoms with Gasteiger partial charge in [0.1, 0.15) is 16.4 Å². The average Bonchev–Trinajstić information content (AvgIpc) is 3.12. The third-order valence-electron chi connectivity index (χ3n) is 3.46. The molecule has 102 valence electrons. The van der Waals surface area contributed by atoms with Crippen molar-refractivity contribution < 1.29 is 4.42 Å². The molecule has 21 heavy (non-hydrogen) atoms. The Hall–Kier alpha value is -2.39. The standard InChI is InChI=1S/C18H13NOS/c1-12-9-15-10-14(7-8-17(15)20-12)18-19-16(11-21-18)13-5-3-2-4-6-13/h2-11H,1H3. The molecule has 0 atom stereocenters. The normalized spacial score (nSPS) is 11.1. The van der Waals surface area contributed by atoms with Gasteiger partial charge < -0.3 is 4.42 Å². The molecule has 3 heteroatoms. The van der Waals surface area contributed by atoms with Crippen LogP contribution in [0, 0.1) is 6.92 Å². The van der Waals surface area contributed by atoms with Gasteiger partial charge in [0.15, 0.2) is 0 Å². The summed E-state index contributed by atoms with van der Waals surface area (Å²) in [6.45, 7) is 1.97. The number of aryl methyl sites for hydroxylation is 1. The second-order valence-corrected chi connectivity index (χ2v) is 5.87. The fourth-order valence-corrected chi connectivity index (χ4v) is 3.28. The highest BCUT2D eigenvalue weighted by atomic mass is 32.1. The second-order valence-electron chi connectivity index (χ2n) is 5.01. The molecule has 0 bridgehead atoms. The number of hydrogen-bond acceptors (Lipinski definition) is 3. The zero-order valence-corrected chi connectivity index (χ0v) is 12.4. The molecule has 4 rings (SSSR count). The summed E-state index contributed by atoms with van der Waals surface area (Å²) in [7, 11) is 0. The van der Waals surface area contributed by atoms with Crippen molar-refractivity contribution in [2.75, 3.05) is 0 Å². The van der Waals surface area contributed by atoms with Crippen LogP contribution in [-0.2, 0) is 0 Å². The highest BCUT2D eigenvalue weighted by Gasteiger charge is 2.08. The van der Waals surface area contributed by atoms with Gasteiger partial charge in [0, 0.05) is 21.9 Å². The third-order valence-corrected chi connectivity index (χ3v) is 4.35. The lowest BCUT2D eigenvalue weighted by atomic mass is 10.1. The molecule has 0 spiro atoms. The number of thiazole rings is 1. The van der Waals surface area contributed by atoms with Crippen LogP contribution in [0.3, 0.4) is 0 Å². The molecular weight excluding hydrogens is 278 g/mol. The smallest absolute Gasteiger partial charge is 0.134 e. The van der Waals surface area contributed by atoms with E-state index in [1.807, 2.05) is 31.2 Å². The van der Waals surface area contributed by atoms with E-state index in [0.29, 0.717) is 0 Å². The number of furan rings is 1. The topological polar surface area (TPSA) is 26.0 Å². The lowest BCUT2D eigenvalue weighted by Crippen LogP contribution is -1.79. The Bertz CT molecular complexity index is 905. The summed E-state index contributed by atoms with van der Waals surface area (Å²) in [5, 5.41) is 4.27. The first-order valence-corrected chi connectivity index (χ1v) is 7.69. The lowest BCUT2D eigenvalue weighted by molar-refractivity contribution is 0.578. The Balaban J connectivity index is 1.77. The molecule has 4 aromatic rings. The quantitative estimate of drug-likeness (QED) is 0.485. The number of nitrogens with zero attached hydrogens (tertiary/aromatic N) is 1. The van der Waals surface area contributed by atoms with E-state index in [0.717, 1.165) is 38.6 Å². The van der Waals surface area contributed by atoms with Crippen LogP contribution in [0.25, 0.3) is 32.8 Å². The van der Waals surface area contributed by atoms with Crippen molar-refractivity contribution >= 4 is 22.3 Å². The minimum atomic E-state index is 0.927. The highest BCUT2D eigenvalue weighted by molar-refractivity contribution is 7.13. The zero-order chi connectivity index (χ0) is 14.2. The van der Waals surface area contributed by atoms with Crippen molar-refractivity contribution in [3.05, 3.63) is 65.7 Å². The summed E-state index contributed by atoms with van der Waals surface area (Å²) in [5.74, 6) is 0.936. The maximum Gasteiger partial charge on any atom is 0.134 e. The Labute approximate surface area is 126 Å². The number of fused-ring (bicyclic) bond motifs is 1. The Morgan fingerprint density at radius 2 is 1.81 bits per heavy atom. The van der Waals surface area contributed by atoms with Crippen LogP contribution < -0.4 is 0 Å². The van der Waals surface area contributed by atoms with Gasteiger partial charge in [0.25, 0.3) is 0 Å². The van der Waals surface area contributed by atoms with Gasteiger partial charge in [-0.2, -0.15) is 0 Å². The molecule has 0 aliphatic rings. The van der Waals surface area contributed by atoms with E-state index in [1.165, 1.54) is 0 Å². The van der Waals surface area contributed by atoms with Gasteiger partial charge in [-0.15, -0.1) is 11.3 Å². The molecular formula is C18H13NOS. The van der Waals surface area contributed by atoms with E-state index in [9.17, 15) is 0 Å². The summed E-state index contributed by atoms with van der Waals surface area (Å²) in [5.41, 5.74) is 4.24. The SMILES string of the molecule is Cc1cc2cc(-c3nc(-c4ccccc4)cs3)ccc2o1. The molecule has 0 unspecified atom stereocenters. The fourth-order valence-electron chi connectivity index (χ4n) is 2.46. The van der Waals surface area contributed by atoms with Gasteiger partial charge in [0.2, 0.25) is 0 Å². The van der Waals surface area contributed by atoms with E-state index in [1.54, 1.807) is 11.3 Å². The monoisotopic (exact) mass is 291 g/mol. The van der Waals surface area contributed by atoms with Crippen LogP contribution >= 0.6 is 11.3 Å². The summed E-state index contributed by atoms with van der Waals surface area (Å²) < 4.78 is 5.62. The van der Waals surface area contributed by atoms with Crippen molar-refractivity contribution in [1.82, 2.24) is 4.98 Å². The predicted octanol–water partition coefficient (Wildman–Crippen LogP) is 5.53. The minimum Gasteiger partial charge on any atom is -0.461 e. The van der Waals surface area contributed by atoms with Crippen LogP contribution in [0.4, 0.5) is 0 Å². The first-order valence-electron chi connectivity index (χ1n) is 6.81. The molecule has 0 N–H and O–H groups in total. The molecule has 0 radical (unpaired) electrons. The van der Waals surface area contributed by atoms with Crippen molar-refractivity contribution in [3.8, 4) is 21.8 Å². The summed E-state index contributed by atoms with van der Waals surface area (Å²) in [6.07, 6.45) is 0. The van der Waals surface area contributed by atoms with Crippen LogP contribution in [0.2, 0.25) is 0 Å². The Kier molecular flexibility index (Phi) is 2.86. The molecule has 0 saturated heterocycles. The van der Waals surface area contributed by atoms with Crippen molar-refractivity contribution in [2.45, 2.75) is 6.92 Å². The highest BCUT2D eigenvalue weighted by Crippen LogP contribution is 2.31. The van der Waals surface area contributed by atoms with Gasteiger partial charge in [-0.25, -0.2) is 4.98 Å². The number of aromatic nitrogens is 1. The number of hydrogen-bond donors (Lipinski definition) is 0. The first kappa shape index (κ1) is 12.4. The van der Waals surface area contributed by atoms with Crippen molar-refractivity contribution in [1.29, 1.82) is 0 Å². The third kappa shape index (κ3) is 2.26. The van der Waals surface area contributed by atoms with Crippen molar-refractivity contribution in [2.24, 2.45) is 0 Å². The zero-order valence-electron chi connectivity index (χ0n) is 11.5. The van der Waals surface area contributed by atoms with Crippen LogP contribution in [0.1, 0.15) is 5.76 Å². The van der Waals surface area contributed by atoms with Gasteiger partial charge in [-0.1, -0.05) is 30.3 Å². The van der Waals surface area contributed by atoms with Crippen molar-refractivity contribution in [3.63, 3.8) is 0 Å². The van der Waals surface area contributed by atoms with Gasteiger partial charge in [-0.05, 0) is 31.2 Å². The van der Waals surface area contributed by atoms with E-state index in [-0.39, 0.29) is 0 Å². The maximum absolute atomic E-state index is 5.62. The molecule has 0 aliphatic carbocycles. The minimum absolute atomic E-state index is 0.927. The molecule has 0 fully saturated rings. The Morgan fingerprint density at radius 1 is 0.952 bits per heavy atom. The first-order chi connectivity index (χ1) is 10.3.